The van der Waals surface area contributed by atoms with Gasteiger partial charge in [0.1, 0.15) is 11.8 Å². The van der Waals surface area contributed by atoms with E-state index < -0.39 is 28.5 Å². The second-order valence-corrected chi connectivity index (χ2v) is 9.51. The molecule has 2 N–H and O–H groups in total. The van der Waals surface area contributed by atoms with Crippen molar-refractivity contribution in [3.63, 3.8) is 0 Å². The molecule has 0 saturated heterocycles. The summed E-state index contributed by atoms with van der Waals surface area (Å²) in [6.07, 6.45) is 2.56. The quantitative estimate of drug-likeness (QED) is 0.412. The van der Waals surface area contributed by atoms with Gasteiger partial charge < -0.3 is 14.6 Å². The molecule has 1 atom stereocenters. The SMILES string of the molecule is CCC[C@H](C(=O)NCc1ccccc1)N(Cc1ccco1)C(=O)CNS(=O)(=O)c1ccccc1. The lowest BCUT2D eigenvalue weighted by atomic mass is 10.1. The monoisotopic (exact) mass is 483 g/mol. The zero-order valence-corrected chi connectivity index (χ0v) is 19.8. The highest BCUT2D eigenvalue weighted by atomic mass is 32.2. The van der Waals surface area contributed by atoms with E-state index in [4.69, 9.17) is 4.42 Å². The van der Waals surface area contributed by atoms with E-state index in [2.05, 4.69) is 10.0 Å². The molecule has 8 nitrogen and oxygen atoms in total. The number of rotatable bonds is 12. The van der Waals surface area contributed by atoms with Gasteiger partial charge in [0.2, 0.25) is 21.8 Å². The molecule has 1 aromatic heterocycles. The molecule has 9 heteroatoms. The lowest BCUT2D eigenvalue weighted by Gasteiger charge is -2.30. The fraction of sp³-hybridized carbons (Fsp3) is 0.280. The number of hydrogen-bond acceptors (Lipinski definition) is 5. The van der Waals surface area contributed by atoms with Crippen LogP contribution in [0.25, 0.3) is 0 Å². The minimum Gasteiger partial charge on any atom is -0.467 e. The van der Waals surface area contributed by atoms with Gasteiger partial charge in [-0.2, -0.15) is 0 Å². The van der Waals surface area contributed by atoms with Gasteiger partial charge in [0.05, 0.1) is 24.2 Å². The maximum Gasteiger partial charge on any atom is 0.243 e. The van der Waals surface area contributed by atoms with E-state index in [0.29, 0.717) is 25.1 Å². The summed E-state index contributed by atoms with van der Waals surface area (Å²) in [7, 11) is -3.88. The van der Waals surface area contributed by atoms with E-state index in [-0.39, 0.29) is 17.3 Å². The van der Waals surface area contributed by atoms with E-state index >= 15 is 0 Å². The summed E-state index contributed by atoms with van der Waals surface area (Å²) in [5.74, 6) is -0.336. The molecule has 0 aliphatic carbocycles. The van der Waals surface area contributed by atoms with Crippen molar-refractivity contribution in [2.45, 2.75) is 43.8 Å². The first-order valence-electron chi connectivity index (χ1n) is 11.1. The third-order valence-corrected chi connectivity index (χ3v) is 6.66. The highest BCUT2D eigenvalue weighted by Gasteiger charge is 2.30. The van der Waals surface area contributed by atoms with Gasteiger partial charge in [-0.3, -0.25) is 9.59 Å². The van der Waals surface area contributed by atoms with E-state index in [9.17, 15) is 18.0 Å². The fourth-order valence-electron chi connectivity index (χ4n) is 3.49. The van der Waals surface area contributed by atoms with Crippen molar-refractivity contribution < 1.29 is 22.4 Å². The zero-order chi connectivity index (χ0) is 24.4. The highest BCUT2D eigenvalue weighted by molar-refractivity contribution is 7.89. The minimum atomic E-state index is -3.88. The van der Waals surface area contributed by atoms with Crippen LogP contribution in [0.1, 0.15) is 31.1 Å². The Bertz CT molecular complexity index is 1150. The van der Waals surface area contributed by atoms with E-state index in [1.54, 1.807) is 30.3 Å². The Morgan fingerprint density at radius 3 is 2.26 bits per heavy atom. The molecular weight excluding hydrogens is 454 g/mol. The molecule has 180 valence electrons. The van der Waals surface area contributed by atoms with Crippen molar-refractivity contribution in [1.29, 1.82) is 0 Å². The van der Waals surface area contributed by atoms with Gasteiger partial charge in [0.25, 0.3) is 0 Å². The molecule has 3 aromatic rings. The summed E-state index contributed by atoms with van der Waals surface area (Å²) in [4.78, 5) is 27.8. The van der Waals surface area contributed by atoms with Crippen molar-refractivity contribution in [3.05, 3.63) is 90.4 Å². The molecule has 0 aliphatic heterocycles. The molecule has 2 amide bonds. The molecule has 0 aliphatic rings. The van der Waals surface area contributed by atoms with Gasteiger partial charge in [-0.15, -0.1) is 0 Å². The van der Waals surface area contributed by atoms with Crippen molar-refractivity contribution in [3.8, 4) is 0 Å². The minimum absolute atomic E-state index is 0.0440. The van der Waals surface area contributed by atoms with Crippen LogP contribution in [0.15, 0.2) is 88.4 Å². The summed E-state index contributed by atoms with van der Waals surface area (Å²) in [6.45, 7) is 1.81. The fourth-order valence-corrected chi connectivity index (χ4v) is 4.48. The topological polar surface area (TPSA) is 109 Å². The molecule has 1 heterocycles. The van der Waals surface area contributed by atoms with Crippen LogP contribution in [0, 0.1) is 0 Å². The molecule has 0 spiro atoms. The number of carbonyl (C=O) groups is 2. The van der Waals surface area contributed by atoms with Gasteiger partial charge in [0, 0.05) is 6.54 Å². The van der Waals surface area contributed by atoms with Crippen LogP contribution in [0.2, 0.25) is 0 Å². The van der Waals surface area contributed by atoms with E-state index in [1.807, 2.05) is 37.3 Å². The first-order chi connectivity index (χ1) is 16.4. The average molecular weight is 484 g/mol. The number of hydrogen-bond donors (Lipinski definition) is 2. The highest BCUT2D eigenvalue weighted by Crippen LogP contribution is 2.15. The van der Waals surface area contributed by atoms with Crippen molar-refractivity contribution >= 4 is 21.8 Å². The van der Waals surface area contributed by atoms with E-state index in [1.165, 1.54) is 23.3 Å². The predicted octanol–water partition coefficient (Wildman–Crippen LogP) is 3.07. The lowest BCUT2D eigenvalue weighted by Crippen LogP contribution is -2.51. The average Bonchev–Trinajstić information content (AvgIpc) is 3.38. The molecule has 34 heavy (non-hydrogen) atoms. The number of sulfonamides is 1. The van der Waals surface area contributed by atoms with Gasteiger partial charge in [-0.1, -0.05) is 61.9 Å². The van der Waals surface area contributed by atoms with Gasteiger partial charge >= 0.3 is 0 Å². The number of nitrogens with one attached hydrogen (secondary N) is 2. The second kappa shape index (κ2) is 12.2. The summed E-state index contributed by atoms with van der Waals surface area (Å²) in [6, 6.07) is 19.9. The van der Waals surface area contributed by atoms with Crippen LogP contribution in [-0.4, -0.2) is 37.7 Å². The largest absolute Gasteiger partial charge is 0.467 e. The molecule has 2 aromatic carbocycles. The van der Waals surface area contributed by atoms with E-state index in [0.717, 1.165) is 5.56 Å². The number of amides is 2. The van der Waals surface area contributed by atoms with Crippen molar-refractivity contribution in [2.24, 2.45) is 0 Å². The van der Waals surface area contributed by atoms with Crippen LogP contribution in [0.3, 0.4) is 0 Å². The van der Waals surface area contributed by atoms with Crippen LogP contribution < -0.4 is 10.0 Å². The standard InChI is InChI=1S/C25H29N3O5S/c1-2-10-23(25(30)26-17-20-11-5-3-6-12-20)28(19-21-13-9-16-33-21)24(29)18-27-34(31,32)22-14-7-4-8-15-22/h3-9,11-16,23,27H,2,10,17-19H2,1H3,(H,26,30)/t23-/m1/s1. The van der Waals surface area contributed by atoms with Crippen LogP contribution >= 0.6 is 0 Å². The molecule has 0 fully saturated rings. The van der Waals surface area contributed by atoms with Gasteiger partial charge in [-0.05, 0) is 36.2 Å². The summed E-state index contributed by atoms with van der Waals surface area (Å²) in [5, 5.41) is 2.89. The zero-order valence-electron chi connectivity index (χ0n) is 19.0. The second-order valence-electron chi connectivity index (χ2n) is 7.75. The Morgan fingerprint density at radius 2 is 1.65 bits per heavy atom. The molecule has 0 saturated carbocycles. The van der Waals surface area contributed by atoms with Crippen LogP contribution in [0.5, 0.6) is 0 Å². The lowest BCUT2D eigenvalue weighted by molar-refractivity contribution is -0.141. The van der Waals surface area contributed by atoms with Crippen molar-refractivity contribution in [1.82, 2.24) is 14.9 Å². The normalized spacial score (nSPS) is 12.1. The molecular formula is C25H29N3O5S. The number of benzene rings is 2. The Morgan fingerprint density at radius 1 is 0.971 bits per heavy atom. The molecule has 0 bridgehead atoms. The van der Waals surface area contributed by atoms with Crippen molar-refractivity contribution in [2.75, 3.05) is 6.54 Å². The Hall–Kier alpha value is -3.43. The number of nitrogens with zero attached hydrogens (tertiary/aromatic N) is 1. The predicted molar refractivity (Wildman–Crippen MR) is 128 cm³/mol. The number of furan rings is 1. The molecule has 0 radical (unpaired) electrons. The van der Waals surface area contributed by atoms with Crippen LogP contribution in [-0.2, 0) is 32.7 Å². The maximum absolute atomic E-state index is 13.2. The van der Waals surface area contributed by atoms with Gasteiger partial charge in [-0.25, -0.2) is 13.1 Å². The summed E-state index contributed by atoms with van der Waals surface area (Å²) >= 11 is 0. The molecule has 3 rings (SSSR count). The third kappa shape index (κ3) is 7.03. The Kier molecular flexibility index (Phi) is 9.00. The van der Waals surface area contributed by atoms with Gasteiger partial charge in [0.15, 0.2) is 0 Å². The summed E-state index contributed by atoms with van der Waals surface area (Å²) < 4.78 is 32.9. The maximum atomic E-state index is 13.2. The number of carbonyl (C=O) groups excluding carboxylic acids is 2. The van der Waals surface area contributed by atoms with Crippen LogP contribution in [0.4, 0.5) is 0 Å². The summed E-state index contributed by atoms with van der Waals surface area (Å²) in [5.41, 5.74) is 0.936. The Balaban J connectivity index is 1.76. The molecule has 0 unspecified atom stereocenters. The Labute approximate surface area is 200 Å². The smallest absolute Gasteiger partial charge is 0.243 e. The first kappa shape index (κ1) is 25.2. The first-order valence-corrected chi connectivity index (χ1v) is 12.6. The third-order valence-electron chi connectivity index (χ3n) is 5.24.